The second-order valence-electron chi connectivity index (χ2n) is 9.07. The molecule has 0 aromatic heterocycles. The number of carbonyl (C=O) groups excluding carboxylic acids is 2. The van der Waals surface area contributed by atoms with Crippen LogP contribution in [0.5, 0.6) is 5.75 Å². The molecule has 10 heteroatoms. The van der Waals surface area contributed by atoms with Crippen LogP contribution in [0.2, 0.25) is 0 Å². The van der Waals surface area contributed by atoms with Crippen LogP contribution >= 0.6 is 0 Å². The fraction of sp³-hybridized carbons (Fsp3) is 0.259. The number of ether oxygens (including phenoxy) is 1. The molecule has 0 aliphatic heterocycles. The Bertz CT molecular complexity index is 1400. The number of methoxy groups -OCH3 is 1. The number of urea groups is 1. The molecule has 0 saturated heterocycles. The summed E-state index contributed by atoms with van der Waals surface area (Å²) in [4.78, 5) is 28.2. The number of nitrogens with zero attached hydrogens (tertiary/aromatic N) is 2. The normalized spacial score (nSPS) is 18.4. The Morgan fingerprint density at radius 3 is 2.24 bits per heavy atom. The summed E-state index contributed by atoms with van der Waals surface area (Å²) in [6.07, 6.45) is 0.331. The van der Waals surface area contributed by atoms with Gasteiger partial charge >= 0.3 is 16.2 Å². The van der Waals surface area contributed by atoms with E-state index in [9.17, 15) is 18.0 Å². The highest BCUT2D eigenvalue weighted by Crippen LogP contribution is 2.52. The summed E-state index contributed by atoms with van der Waals surface area (Å²) in [5, 5.41) is 2.69. The number of rotatable bonds is 8. The van der Waals surface area contributed by atoms with Crippen LogP contribution in [-0.4, -0.2) is 47.1 Å². The molecule has 2 N–H and O–H groups in total. The predicted molar refractivity (Wildman–Crippen MR) is 143 cm³/mol. The van der Waals surface area contributed by atoms with Gasteiger partial charge in [0, 0.05) is 25.7 Å². The Hall–Kier alpha value is -4.05. The maximum absolute atomic E-state index is 13.8. The average molecular weight is 523 g/mol. The smallest absolute Gasteiger partial charge is 0.330 e. The molecule has 1 aliphatic carbocycles. The van der Waals surface area contributed by atoms with Gasteiger partial charge in [0.1, 0.15) is 11.3 Å². The van der Waals surface area contributed by atoms with Crippen LogP contribution in [0.15, 0.2) is 78.9 Å². The Kier molecular flexibility index (Phi) is 7.13. The quantitative estimate of drug-likeness (QED) is 0.470. The van der Waals surface area contributed by atoms with E-state index < -0.39 is 21.8 Å². The van der Waals surface area contributed by atoms with Gasteiger partial charge in [0.2, 0.25) is 0 Å². The van der Waals surface area contributed by atoms with Crippen LogP contribution in [0.1, 0.15) is 23.5 Å². The first-order valence-electron chi connectivity index (χ1n) is 11.7. The molecule has 3 amide bonds. The number of aryl methyl sites for hydroxylation is 1. The zero-order valence-electron chi connectivity index (χ0n) is 21.1. The number of anilines is 2. The van der Waals surface area contributed by atoms with E-state index in [0.29, 0.717) is 23.5 Å². The molecular weight excluding hydrogens is 492 g/mol. The van der Waals surface area contributed by atoms with Crippen molar-refractivity contribution in [1.82, 2.24) is 10.0 Å². The summed E-state index contributed by atoms with van der Waals surface area (Å²) < 4.78 is 34.1. The first-order valence-corrected chi connectivity index (χ1v) is 13.1. The zero-order chi connectivity index (χ0) is 26.8. The van der Waals surface area contributed by atoms with E-state index in [1.165, 1.54) is 11.9 Å². The topological polar surface area (TPSA) is 108 Å². The maximum atomic E-state index is 13.8. The van der Waals surface area contributed by atoms with Crippen LogP contribution < -0.4 is 24.0 Å². The summed E-state index contributed by atoms with van der Waals surface area (Å²) in [6, 6.07) is 22.2. The van der Waals surface area contributed by atoms with Gasteiger partial charge in [-0.3, -0.25) is 9.10 Å². The van der Waals surface area contributed by atoms with Crippen LogP contribution in [0, 0.1) is 6.92 Å². The average Bonchev–Trinajstić information content (AvgIpc) is 3.62. The van der Waals surface area contributed by atoms with Crippen LogP contribution in [-0.2, 0) is 15.0 Å². The molecule has 2 atom stereocenters. The summed E-state index contributed by atoms with van der Waals surface area (Å²) in [6.45, 7) is 1.84. The fourth-order valence-electron chi connectivity index (χ4n) is 4.38. The van der Waals surface area contributed by atoms with Crippen molar-refractivity contribution < 1.29 is 22.7 Å². The molecule has 3 aromatic carbocycles. The van der Waals surface area contributed by atoms with Crippen molar-refractivity contribution in [2.24, 2.45) is 0 Å². The number of hydrogen-bond acceptors (Lipinski definition) is 5. The largest absolute Gasteiger partial charge is 0.497 e. The molecule has 9 nitrogen and oxygen atoms in total. The van der Waals surface area contributed by atoms with Crippen molar-refractivity contribution in [3.8, 4) is 5.75 Å². The minimum atomic E-state index is -4.23. The van der Waals surface area contributed by atoms with E-state index in [2.05, 4.69) is 10.0 Å². The Morgan fingerprint density at radius 1 is 0.946 bits per heavy atom. The summed E-state index contributed by atoms with van der Waals surface area (Å²) in [5.41, 5.74) is 1.45. The molecule has 3 aromatic rings. The molecule has 0 radical (unpaired) electrons. The van der Waals surface area contributed by atoms with Gasteiger partial charge in [-0.25, -0.2) is 9.52 Å². The van der Waals surface area contributed by atoms with E-state index in [0.717, 1.165) is 15.4 Å². The van der Waals surface area contributed by atoms with E-state index >= 15 is 0 Å². The highest BCUT2D eigenvalue weighted by molar-refractivity contribution is 7.91. The van der Waals surface area contributed by atoms with Crippen LogP contribution in [0.3, 0.4) is 0 Å². The van der Waals surface area contributed by atoms with E-state index in [1.807, 2.05) is 43.3 Å². The summed E-state index contributed by atoms with van der Waals surface area (Å²) in [7, 11) is 0.300. The lowest BCUT2D eigenvalue weighted by Gasteiger charge is -2.27. The number of likely N-dealkylation sites (N-methyl/N-ethyl adjacent to an activating group) is 1. The molecule has 1 fully saturated rings. The van der Waals surface area contributed by atoms with Crippen molar-refractivity contribution >= 4 is 33.5 Å². The van der Waals surface area contributed by atoms with Crippen LogP contribution in [0.25, 0.3) is 0 Å². The minimum Gasteiger partial charge on any atom is -0.497 e. The van der Waals surface area contributed by atoms with Gasteiger partial charge in [0.25, 0.3) is 5.91 Å². The molecule has 37 heavy (non-hydrogen) atoms. The van der Waals surface area contributed by atoms with Gasteiger partial charge in [0.05, 0.1) is 12.8 Å². The third-order valence-corrected chi connectivity index (χ3v) is 7.97. The van der Waals surface area contributed by atoms with E-state index in [1.54, 1.807) is 56.6 Å². The lowest BCUT2D eigenvalue weighted by Crippen LogP contribution is -2.55. The lowest BCUT2D eigenvalue weighted by atomic mass is 10.0. The lowest BCUT2D eigenvalue weighted by molar-refractivity contribution is -0.121. The minimum absolute atomic E-state index is 0.315. The monoisotopic (exact) mass is 522 g/mol. The Balaban J connectivity index is 1.57. The second kappa shape index (κ2) is 10.1. The third-order valence-electron chi connectivity index (χ3n) is 6.59. The van der Waals surface area contributed by atoms with E-state index in [4.69, 9.17) is 4.74 Å². The van der Waals surface area contributed by atoms with Gasteiger partial charge in [-0.2, -0.15) is 8.42 Å². The van der Waals surface area contributed by atoms with Gasteiger partial charge in [-0.1, -0.05) is 42.5 Å². The fourth-order valence-corrected chi connectivity index (χ4v) is 5.19. The SMILES string of the molecule is COc1ccc(N(C)C(=O)[C@]2(NC(=O)NS(=O)(=O)N(C)c3cccc(C)c3)CC2c2ccccc2)cc1. The van der Waals surface area contributed by atoms with Crippen molar-refractivity contribution in [1.29, 1.82) is 0 Å². The molecule has 0 heterocycles. The van der Waals surface area contributed by atoms with Gasteiger partial charge in [0.15, 0.2) is 0 Å². The number of nitrogens with one attached hydrogen (secondary N) is 2. The number of carbonyl (C=O) groups is 2. The molecular formula is C27H30N4O5S. The Morgan fingerprint density at radius 2 is 1.62 bits per heavy atom. The third kappa shape index (κ3) is 5.39. The number of hydrogen-bond donors (Lipinski definition) is 2. The van der Waals surface area contributed by atoms with Crippen molar-refractivity contribution in [2.75, 3.05) is 30.4 Å². The van der Waals surface area contributed by atoms with Crippen molar-refractivity contribution in [2.45, 2.75) is 24.8 Å². The van der Waals surface area contributed by atoms with Crippen molar-refractivity contribution in [3.05, 3.63) is 90.0 Å². The number of amides is 3. The first-order chi connectivity index (χ1) is 17.6. The van der Waals surface area contributed by atoms with Gasteiger partial charge in [-0.05, 0) is 60.9 Å². The molecule has 1 aliphatic rings. The standard InChI is InChI=1S/C27H30N4O5S/c1-19-9-8-12-22(17-19)31(3)37(34,35)29-26(33)28-27(18-24(27)20-10-6-5-7-11-20)25(32)30(2)21-13-15-23(36-4)16-14-21/h5-17,24H,18H2,1-4H3,(H2,28,29,33)/t24?,27-/m0/s1. The molecule has 1 unspecified atom stereocenters. The highest BCUT2D eigenvalue weighted by Gasteiger charge is 2.63. The molecule has 194 valence electrons. The number of benzene rings is 3. The first kappa shape index (κ1) is 26.0. The van der Waals surface area contributed by atoms with Crippen LogP contribution in [0.4, 0.5) is 16.2 Å². The molecule has 0 spiro atoms. The molecule has 4 rings (SSSR count). The Labute approximate surface area is 217 Å². The second-order valence-corrected chi connectivity index (χ2v) is 10.8. The maximum Gasteiger partial charge on any atom is 0.330 e. The van der Waals surface area contributed by atoms with Gasteiger partial charge in [-0.15, -0.1) is 0 Å². The zero-order valence-corrected chi connectivity index (χ0v) is 22.0. The summed E-state index contributed by atoms with van der Waals surface area (Å²) >= 11 is 0. The molecule has 0 bridgehead atoms. The summed E-state index contributed by atoms with van der Waals surface area (Å²) in [5.74, 6) is -0.0238. The van der Waals surface area contributed by atoms with Crippen molar-refractivity contribution in [3.63, 3.8) is 0 Å². The highest BCUT2D eigenvalue weighted by atomic mass is 32.2. The molecule has 1 saturated carbocycles. The predicted octanol–water partition coefficient (Wildman–Crippen LogP) is 3.57. The van der Waals surface area contributed by atoms with Gasteiger partial charge < -0.3 is 15.0 Å². The van der Waals surface area contributed by atoms with E-state index in [-0.39, 0.29) is 11.8 Å².